The molecule has 5 nitrogen and oxygen atoms in total. The Hall–Kier alpha value is -2.35. The van der Waals surface area contributed by atoms with Crippen LogP contribution in [0.5, 0.6) is 5.75 Å². The number of amides is 1. The number of carbonyl (C=O) groups is 1. The molecule has 0 atom stereocenters. The molecule has 1 aromatic carbocycles. The monoisotopic (exact) mass is 313 g/mol. The van der Waals surface area contributed by atoms with Crippen molar-refractivity contribution in [2.24, 2.45) is 5.73 Å². The molecule has 5 N–H and O–H groups in total. The van der Waals surface area contributed by atoms with E-state index in [0.717, 1.165) is 23.5 Å². The summed E-state index contributed by atoms with van der Waals surface area (Å²) in [6, 6.07) is 3.29. The summed E-state index contributed by atoms with van der Waals surface area (Å²) in [5.74, 6) is -1.71. The van der Waals surface area contributed by atoms with Crippen molar-refractivity contribution in [3.05, 3.63) is 40.3 Å². The minimum absolute atomic E-state index is 0.0840. The van der Waals surface area contributed by atoms with E-state index in [-0.39, 0.29) is 28.4 Å². The van der Waals surface area contributed by atoms with E-state index >= 15 is 0 Å². The SMILES string of the molecule is COc1c(NCc2ccc(F)cc2F)sc(C(N)=O)c1N. The van der Waals surface area contributed by atoms with E-state index in [9.17, 15) is 13.6 Å². The number of nitrogens with two attached hydrogens (primary N) is 2. The topological polar surface area (TPSA) is 90.4 Å². The summed E-state index contributed by atoms with van der Waals surface area (Å²) in [6.07, 6.45) is 0. The van der Waals surface area contributed by atoms with Gasteiger partial charge in [-0.25, -0.2) is 8.78 Å². The molecule has 1 aromatic heterocycles. The van der Waals surface area contributed by atoms with Gasteiger partial charge in [0.2, 0.25) is 0 Å². The second-order valence-corrected chi connectivity index (χ2v) is 5.18. The number of hydrogen-bond acceptors (Lipinski definition) is 5. The number of ether oxygens (including phenoxy) is 1. The zero-order chi connectivity index (χ0) is 15.6. The molecule has 0 bridgehead atoms. The lowest BCUT2D eigenvalue weighted by Gasteiger charge is -2.08. The van der Waals surface area contributed by atoms with Gasteiger partial charge < -0.3 is 21.5 Å². The number of halogens is 2. The highest BCUT2D eigenvalue weighted by Crippen LogP contribution is 2.42. The Morgan fingerprint density at radius 2 is 2.14 bits per heavy atom. The van der Waals surface area contributed by atoms with E-state index in [0.29, 0.717) is 5.00 Å². The van der Waals surface area contributed by atoms with Gasteiger partial charge >= 0.3 is 0 Å². The van der Waals surface area contributed by atoms with Crippen LogP contribution in [0, 0.1) is 11.6 Å². The van der Waals surface area contributed by atoms with Crippen LogP contribution in [0.1, 0.15) is 15.2 Å². The van der Waals surface area contributed by atoms with Gasteiger partial charge in [0.05, 0.1) is 7.11 Å². The van der Waals surface area contributed by atoms with Gasteiger partial charge in [0.25, 0.3) is 5.91 Å². The highest BCUT2D eigenvalue weighted by molar-refractivity contribution is 7.19. The second kappa shape index (κ2) is 5.96. The van der Waals surface area contributed by atoms with Gasteiger partial charge in [0.15, 0.2) is 5.75 Å². The molecule has 0 saturated carbocycles. The summed E-state index contributed by atoms with van der Waals surface area (Å²) >= 11 is 1.01. The van der Waals surface area contributed by atoms with Crippen molar-refractivity contribution < 1.29 is 18.3 Å². The number of nitrogens with one attached hydrogen (secondary N) is 1. The average Bonchev–Trinajstić information content (AvgIpc) is 2.74. The van der Waals surface area contributed by atoms with Gasteiger partial charge in [-0.2, -0.15) is 0 Å². The minimum atomic E-state index is -0.670. The number of anilines is 2. The number of carbonyl (C=O) groups excluding carboxylic acids is 1. The Morgan fingerprint density at radius 1 is 1.43 bits per heavy atom. The first-order valence-corrected chi connectivity index (χ1v) is 6.69. The fraction of sp³-hybridized carbons (Fsp3) is 0.154. The second-order valence-electron chi connectivity index (χ2n) is 4.16. The third-order valence-corrected chi connectivity index (χ3v) is 3.94. The predicted molar refractivity (Wildman–Crippen MR) is 77.5 cm³/mol. The molecular formula is C13H13F2N3O2S. The molecule has 0 aliphatic heterocycles. The smallest absolute Gasteiger partial charge is 0.261 e. The van der Waals surface area contributed by atoms with Gasteiger partial charge in [-0.05, 0) is 6.07 Å². The fourth-order valence-electron chi connectivity index (χ4n) is 1.77. The molecule has 0 unspecified atom stereocenters. The van der Waals surface area contributed by atoms with Crippen molar-refractivity contribution in [3.8, 4) is 5.75 Å². The molecule has 0 spiro atoms. The lowest BCUT2D eigenvalue weighted by Crippen LogP contribution is -2.10. The lowest BCUT2D eigenvalue weighted by atomic mass is 10.2. The Balaban J connectivity index is 2.23. The molecule has 1 heterocycles. The van der Waals surface area contributed by atoms with Gasteiger partial charge in [0, 0.05) is 18.2 Å². The summed E-state index contributed by atoms with van der Waals surface area (Å²) in [6.45, 7) is 0.0840. The van der Waals surface area contributed by atoms with Crippen molar-refractivity contribution in [2.75, 3.05) is 18.2 Å². The molecule has 112 valence electrons. The van der Waals surface area contributed by atoms with Crippen LogP contribution in [-0.4, -0.2) is 13.0 Å². The van der Waals surface area contributed by atoms with Gasteiger partial charge in [-0.3, -0.25) is 4.79 Å². The number of primary amides is 1. The molecule has 0 saturated heterocycles. The highest BCUT2D eigenvalue weighted by atomic mass is 32.1. The Bertz CT molecular complexity index is 688. The van der Waals surface area contributed by atoms with E-state index in [1.165, 1.54) is 13.2 Å². The van der Waals surface area contributed by atoms with Crippen molar-refractivity contribution in [2.45, 2.75) is 6.54 Å². The van der Waals surface area contributed by atoms with E-state index in [2.05, 4.69) is 5.32 Å². The van der Waals surface area contributed by atoms with E-state index < -0.39 is 17.5 Å². The number of benzene rings is 1. The maximum absolute atomic E-state index is 13.5. The number of nitrogen functional groups attached to an aromatic ring is 1. The lowest BCUT2D eigenvalue weighted by molar-refractivity contribution is 0.100. The first-order valence-electron chi connectivity index (χ1n) is 5.88. The zero-order valence-corrected chi connectivity index (χ0v) is 11.9. The maximum atomic E-state index is 13.5. The first kappa shape index (κ1) is 15.0. The minimum Gasteiger partial charge on any atom is -0.492 e. The zero-order valence-electron chi connectivity index (χ0n) is 11.1. The van der Waals surface area contributed by atoms with Crippen LogP contribution < -0.4 is 21.5 Å². The summed E-state index contributed by atoms with van der Waals surface area (Å²) in [7, 11) is 1.40. The quantitative estimate of drug-likeness (QED) is 0.790. The largest absolute Gasteiger partial charge is 0.492 e. The third kappa shape index (κ3) is 3.05. The Kier molecular flexibility index (Phi) is 4.27. The molecule has 2 aromatic rings. The summed E-state index contributed by atoms with van der Waals surface area (Å²) in [4.78, 5) is 11.4. The fourth-order valence-corrected chi connectivity index (χ4v) is 2.71. The van der Waals surface area contributed by atoms with Crippen molar-refractivity contribution in [3.63, 3.8) is 0 Å². The van der Waals surface area contributed by atoms with E-state index in [1.807, 2.05) is 0 Å². The van der Waals surface area contributed by atoms with Crippen molar-refractivity contribution in [1.82, 2.24) is 0 Å². The molecular weight excluding hydrogens is 300 g/mol. The van der Waals surface area contributed by atoms with Crippen LogP contribution in [0.2, 0.25) is 0 Å². The highest BCUT2D eigenvalue weighted by Gasteiger charge is 2.20. The van der Waals surface area contributed by atoms with Crippen LogP contribution in [0.3, 0.4) is 0 Å². The van der Waals surface area contributed by atoms with Gasteiger partial charge in [0.1, 0.15) is 27.2 Å². The van der Waals surface area contributed by atoms with E-state index in [4.69, 9.17) is 16.2 Å². The van der Waals surface area contributed by atoms with Crippen LogP contribution in [-0.2, 0) is 6.54 Å². The molecule has 0 radical (unpaired) electrons. The third-order valence-electron chi connectivity index (χ3n) is 2.78. The van der Waals surface area contributed by atoms with E-state index in [1.54, 1.807) is 0 Å². The van der Waals surface area contributed by atoms with Crippen LogP contribution in [0.4, 0.5) is 19.5 Å². The van der Waals surface area contributed by atoms with Crippen molar-refractivity contribution in [1.29, 1.82) is 0 Å². The molecule has 2 rings (SSSR count). The van der Waals surface area contributed by atoms with Crippen LogP contribution in [0.15, 0.2) is 18.2 Å². The van der Waals surface area contributed by atoms with Crippen LogP contribution in [0.25, 0.3) is 0 Å². The Labute approximate surface area is 123 Å². The van der Waals surface area contributed by atoms with Gasteiger partial charge in [-0.15, -0.1) is 11.3 Å². The molecule has 0 aliphatic carbocycles. The van der Waals surface area contributed by atoms with Gasteiger partial charge in [-0.1, -0.05) is 6.07 Å². The normalized spacial score (nSPS) is 10.4. The number of rotatable bonds is 5. The molecule has 8 heteroatoms. The Morgan fingerprint density at radius 3 is 2.71 bits per heavy atom. The summed E-state index contributed by atoms with van der Waals surface area (Å²) in [5.41, 5.74) is 11.4. The molecule has 0 fully saturated rings. The first-order chi connectivity index (χ1) is 9.93. The number of thiophene rings is 1. The van der Waals surface area contributed by atoms with Crippen LogP contribution >= 0.6 is 11.3 Å². The maximum Gasteiger partial charge on any atom is 0.261 e. The molecule has 0 aliphatic rings. The average molecular weight is 313 g/mol. The number of hydrogen-bond donors (Lipinski definition) is 3. The molecule has 1 amide bonds. The number of methoxy groups -OCH3 is 1. The predicted octanol–water partition coefficient (Wildman–Crippen LogP) is 2.33. The standard InChI is InChI=1S/C13H13F2N3O2S/c1-20-10-9(16)11(12(17)19)21-13(10)18-5-6-2-3-7(14)4-8(6)15/h2-4,18H,5,16H2,1H3,(H2,17,19). The summed E-state index contributed by atoms with van der Waals surface area (Å²) in [5, 5.41) is 3.35. The molecule has 21 heavy (non-hydrogen) atoms. The summed E-state index contributed by atoms with van der Waals surface area (Å²) < 4.78 is 31.5. The van der Waals surface area contributed by atoms with Crippen molar-refractivity contribution >= 4 is 27.9 Å².